The highest BCUT2D eigenvalue weighted by atomic mass is 35.5. The number of methoxy groups -OCH3 is 1. The summed E-state index contributed by atoms with van der Waals surface area (Å²) < 4.78 is 25.2. The highest BCUT2D eigenvalue weighted by Crippen LogP contribution is 2.37. The van der Waals surface area contributed by atoms with Gasteiger partial charge in [-0.25, -0.2) is 14.0 Å². The largest absolute Gasteiger partial charge is 0.494 e. The first kappa shape index (κ1) is 37.2. The number of carbonyl (C=O) groups is 1. The van der Waals surface area contributed by atoms with Crippen LogP contribution in [0.2, 0.25) is 5.02 Å². The SMILES string of the molecule is COc1cc(N2CCC(CN3CCN(C(=O)OCc4ccccc4)CC3)CC2)c(C)cc1Nc1ncc(Cl)c(Nc2ccccc2N(C)S(C)=O)n1. The molecule has 3 heterocycles. The number of hydrogen-bond acceptors (Lipinski definition) is 10. The number of nitrogens with zero attached hydrogens (tertiary/aromatic N) is 6. The summed E-state index contributed by atoms with van der Waals surface area (Å²) in [5.74, 6) is 2.07. The number of hydrogen-bond donors (Lipinski definition) is 2. The second-order valence-corrected chi connectivity index (χ2v) is 15.0. The first-order valence-electron chi connectivity index (χ1n) is 17.5. The van der Waals surface area contributed by atoms with Crippen molar-refractivity contribution >= 4 is 63.2 Å². The maximum atomic E-state index is 12.6. The molecule has 14 heteroatoms. The number of aromatic nitrogens is 2. The van der Waals surface area contributed by atoms with Gasteiger partial charge in [0.1, 0.15) is 28.4 Å². The van der Waals surface area contributed by atoms with Crippen LogP contribution in [-0.2, 0) is 22.3 Å². The smallest absolute Gasteiger partial charge is 0.410 e. The fourth-order valence-electron chi connectivity index (χ4n) is 6.69. The second-order valence-electron chi connectivity index (χ2n) is 13.2. The predicted octanol–water partition coefficient (Wildman–Crippen LogP) is 6.83. The Morgan fingerprint density at radius 3 is 2.40 bits per heavy atom. The number of anilines is 6. The normalized spacial score (nSPS) is 15.9. The van der Waals surface area contributed by atoms with Gasteiger partial charge >= 0.3 is 6.09 Å². The Kier molecular flexibility index (Phi) is 12.4. The predicted molar refractivity (Wildman–Crippen MR) is 210 cm³/mol. The quantitative estimate of drug-likeness (QED) is 0.160. The van der Waals surface area contributed by atoms with E-state index in [2.05, 4.69) is 49.5 Å². The summed E-state index contributed by atoms with van der Waals surface area (Å²) in [5.41, 5.74) is 5.48. The minimum atomic E-state index is -1.21. The molecule has 4 aromatic rings. The summed E-state index contributed by atoms with van der Waals surface area (Å²) in [7, 11) is 2.23. The number of benzene rings is 3. The molecule has 12 nitrogen and oxygen atoms in total. The van der Waals surface area contributed by atoms with Crippen LogP contribution in [0.3, 0.4) is 0 Å². The zero-order valence-electron chi connectivity index (χ0n) is 30.2. The number of nitrogens with one attached hydrogen (secondary N) is 2. The number of rotatable bonds is 12. The van der Waals surface area contributed by atoms with E-state index in [-0.39, 0.29) is 6.09 Å². The van der Waals surface area contributed by atoms with Crippen molar-refractivity contribution in [2.45, 2.75) is 26.4 Å². The summed E-state index contributed by atoms with van der Waals surface area (Å²) in [6.45, 7) is 8.50. The van der Waals surface area contributed by atoms with Crippen molar-refractivity contribution in [1.82, 2.24) is 19.8 Å². The van der Waals surface area contributed by atoms with Crippen LogP contribution in [0.15, 0.2) is 72.9 Å². The van der Waals surface area contributed by atoms with Gasteiger partial charge in [0.25, 0.3) is 0 Å². The van der Waals surface area contributed by atoms with Crippen LogP contribution in [0.4, 0.5) is 39.3 Å². The monoisotopic (exact) mass is 746 g/mol. The Morgan fingerprint density at radius 2 is 1.69 bits per heavy atom. The van der Waals surface area contributed by atoms with E-state index in [0.717, 1.165) is 73.8 Å². The van der Waals surface area contributed by atoms with E-state index in [0.29, 0.717) is 53.8 Å². The molecular formula is C38H47ClN8O4S. The summed E-state index contributed by atoms with van der Waals surface area (Å²) in [5, 5.41) is 6.95. The van der Waals surface area contributed by atoms with Crippen LogP contribution in [-0.4, -0.2) is 96.3 Å². The summed E-state index contributed by atoms with van der Waals surface area (Å²) in [4.78, 5) is 28.4. The average Bonchev–Trinajstić information content (AvgIpc) is 3.16. The van der Waals surface area contributed by atoms with Crippen molar-refractivity contribution in [2.24, 2.45) is 5.92 Å². The lowest BCUT2D eigenvalue weighted by Gasteiger charge is -2.39. The molecule has 2 aliphatic heterocycles. The summed E-state index contributed by atoms with van der Waals surface area (Å²) >= 11 is 6.50. The van der Waals surface area contributed by atoms with Gasteiger partial charge in [0.15, 0.2) is 5.82 Å². The van der Waals surface area contributed by atoms with Crippen molar-refractivity contribution in [1.29, 1.82) is 0 Å². The van der Waals surface area contributed by atoms with E-state index in [1.807, 2.05) is 59.5 Å². The molecule has 2 N–H and O–H groups in total. The Hall–Kier alpha value is -4.59. The van der Waals surface area contributed by atoms with E-state index in [1.54, 1.807) is 30.9 Å². The van der Waals surface area contributed by atoms with Crippen molar-refractivity contribution < 1.29 is 18.5 Å². The first-order valence-corrected chi connectivity index (χ1v) is 19.4. The minimum Gasteiger partial charge on any atom is -0.494 e. The van der Waals surface area contributed by atoms with Gasteiger partial charge in [-0.2, -0.15) is 4.98 Å². The molecule has 2 aliphatic rings. The average molecular weight is 747 g/mol. The minimum absolute atomic E-state index is 0.232. The second kappa shape index (κ2) is 17.3. The molecule has 0 bridgehead atoms. The molecule has 0 spiro atoms. The van der Waals surface area contributed by atoms with Gasteiger partial charge in [0.2, 0.25) is 5.95 Å². The van der Waals surface area contributed by atoms with E-state index in [9.17, 15) is 9.00 Å². The lowest BCUT2D eigenvalue weighted by atomic mass is 9.95. The maximum Gasteiger partial charge on any atom is 0.410 e. The number of carbonyl (C=O) groups excluding carboxylic acids is 1. The highest BCUT2D eigenvalue weighted by molar-refractivity contribution is 7.85. The number of amides is 1. The zero-order valence-corrected chi connectivity index (χ0v) is 31.8. The summed E-state index contributed by atoms with van der Waals surface area (Å²) in [6.07, 6.45) is 5.14. The van der Waals surface area contributed by atoms with Crippen LogP contribution in [0.25, 0.3) is 0 Å². The lowest BCUT2D eigenvalue weighted by molar-refractivity contribution is 0.0666. The van der Waals surface area contributed by atoms with E-state index in [4.69, 9.17) is 21.1 Å². The third kappa shape index (κ3) is 9.25. The molecule has 52 heavy (non-hydrogen) atoms. The van der Waals surface area contributed by atoms with Crippen molar-refractivity contribution in [3.05, 3.63) is 89.1 Å². The van der Waals surface area contributed by atoms with Gasteiger partial charge in [0, 0.05) is 70.9 Å². The molecule has 0 radical (unpaired) electrons. The topological polar surface area (TPSA) is 115 Å². The molecule has 2 saturated heterocycles. The van der Waals surface area contributed by atoms with E-state index in [1.165, 1.54) is 0 Å². The molecular weight excluding hydrogens is 700 g/mol. The molecule has 276 valence electrons. The Morgan fingerprint density at radius 1 is 0.981 bits per heavy atom. The first-order chi connectivity index (χ1) is 25.2. The molecule has 3 aromatic carbocycles. The Labute approximate surface area is 313 Å². The standard InChI is InChI=1S/C38H47ClN8O4S/c1-27-22-32(42-37-40-24-30(39)36(43-37)41-31-12-8-9-13-33(31)44(2)52(4)49)35(50-3)23-34(27)46-16-14-28(15-17-46)25-45-18-20-47(21-19-45)38(48)51-26-29-10-6-5-7-11-29/h5-13,22-24,28H,14-21,25-26H2,1-4H3,(H2,40,41,42,43). The van der Waals surface area contributed by atoms with Gasteiger partial charge in [-0.3, -0.25) is 9.21 Å². The molecule has 1 amide bonds. The molecule has 1 atom stereocenters. The van der Waals surface area contributed by atoms with Crippen LogP contribution >= 0.6 is 11.6 Å². The van der Waals surface area contributed by atoms with Gasteiger partial charge in [0.05, 0.1) is 30.4 Å². The van der Waals surface area contributed by atoms with Crippen LogP contribution in [0, 0.1) is 12.8 Å². The number of ether oxygens (including phenoxy) is 2. The number of para-hydroxylation sites is 2. The Bertz CT molecular complexity index is 1850. The molecule has 6 rings (SSSR count). The number of piperidine rings is 1. The number of piperazine rings is 1. The van der Waals surface area contributed by atoms with Gasteiger partial charge < -0.3 is 29.9 Å². The zero-order chi connectivity index (χ0) is 36.6. The fourth-order valence-corrected chi connectivity index (χ4v) is 7.26. The molecule has 2 fully saturated rings. The fraction of sp³-hybridized carbons (Fsp3) is 0.395. The van der Waals surface area contributed by atoms with Crippen LogP contribution in [0.5, 0.6) is 5.75 Å². The molecule has 1 aromatic heterocycles. The molecule has 0 saturated carbocycles. The lowest BCUT2D eigenvalue weighted by Crippen LogP contribution is -2.50. The van der Waals surface area contributed by atoms with Crippen molar-refractivity contribution in [3.63, 3.8) is 0 Å². The maximum absolute atomic E-state index is 12.6. The summed E-state index contributed by atoms with van der Waals surface area (Å²) in [6, 6.07) is 21.5. The van der Waals surface area contributed by atoms with Crippen molar-refractivity contribution in [2.75, 3.05) is 86.1 Å². The van der Waals surface area contributed by atoms with E-state index >= 15 is 0 Å². The number of aryl methyl sites for hydroxylation is 1. The van der Waals surface area contributed by atoms with Gasteiger partial charge in [-0.1, -0.05) is 54.1 Å². The van der Waals surface area contributed by atoms with Crippen LogP contribution in [0.1, 0.15) is 24.0 Å². The molecule has 1 unspecified atom stereocenters. The Balaban J connectivity index is 1.02. The van der Waals surface area contributed by atoms with E-state index < -0.39 is 11.0 Å². The number of halogens is 1. The van der Waals surface area contributed by atoms with Gasteiger partial charge in [-0.15, -0.1) is 0 Å². The van der Waals surface area contributed by atoms with Crippen LogP contribution < -0.4 is 24.6 Å². The third-order valence-electron chi connectivity index (χ3n) is 9.70. The third-order valence-corrected chi connectivity index (χ3v) is 10.9. The van der Waals surface area contributed by atoms with Crippen molar-refractivity contribution in [3.8, 4) is 5.75 Å². The molecule has 0 aliphatic carbocycles. The highest BCUT2D eigenvalue weighted by Gasteiger charge is 2.27. The van der Waals surface area contributed by atoms with Gasteiger partial charge in [-0.05, 0) is 55.0 Å².